The van der Waals surface area contributed by atoms with Crippen molar-refractivity contribution in [3.8, 4) is 11.1 Å². The Balaban J connectivity index is 2.26. The molecule has 0 fully saturated rings. The zero-order chi connectivity index (χ0) is 14.1. The average Bonchev–Trinajstić information content (AvgIpc) is 2.47. The molecule has 0 spiro atoms. The third-order valence-electron chi connectivity index (χ3n) is 3.28. The second-order valence-corrected chi connectivity index (χ2v) is 4.55. The van der Waals surface area contributed by atoms with Crippen molar-refractivity contribution in [2.75, 3.05) is 0 Å². The van der Waals surface area contributed by atoms with Crippen molar-refractivity contribution in [2.24, 2.45) is 0 Å². The van der Waals surface area contributed by atoms with E-state index in [-0.39, 0.29) is 11.4 Å². The lowest BCUT2D eigenvalue weighted by Gasteiger charge is -2.08. The molecule has 0 aliphatic heterocycles. The van der Waals surface area contributed by atoms with Gasteiger partial charge < -0.3 is 5.11 Å². The van der Waals surface area contributed by atoms with Crippen LogP contribution in [0.4, 0.5) is 4.39 Å². The monoisotopic (exact) mass is 266 g/mol. The Bertz CT molecular complexity index is 792. The van der Waals surface area contributed by atoms with Crippen LogP contribution in [0.3, 0.4) is 0 Å². The van der Waals surface area contributed by atoms with E-state index in [1.807, 2.05) is 18.2 Å². The summed E-state index contributed by atoms with van der Waals surface area (Å²) in [4.78, 5) is 11.1. The number of hydrogen-bond acceptors (Lipinski definition) is 1. The molecule has 0 unspecified atom stereocenters. The van der Waals surface area contributed by atoms with E-state index < -0.39 is 5.97 Å². The van der Waals surface area contributed by atoms with Gasteiger partial charge in [-0.15, -0.1) is 0 Å². The Morgan fingerprint density at radius 1 is 0.950 bits per heavy atom. The number of rotatable bonds is 2. The number of carboxylic acid groups (broad SMARTS) is 1. The molecule has 3 aromatic carbocycles. The van der Waals surface area contributed by atoms with Crippen molar-refractivity contribution in [2.45, 2.75) is 0 Å². The third kappa shape index (κ3) is 2.14. The standard InChI is InChI=1S/C17H11FO2/c18-14-8-6-12(7-9-14)15-3-1-2-11-4-5-13(17(19)20)10-16(11)15/h1-10H,(H,19,20). The molecular formula is C17H11FO2. The minimum atomic E-state index is -0.958. The largest absolute Gasteiger partial charge is 0.478 e. The van der Waals surface area contributed by atoms with Crippen molar-refractivity contribution in [1.29, 1.82) is 0 Å². The summed E-state index contributed by atoms with van der Waals surface area (Å²) >= 11 is 0. The molecular weight excluding hydrogens is 255 g/mol. The number of benzene rings is 3. The highest BCUT2D eigenvalue weighted by molar-refractivity contribution is 6.01. The van der Waals surface area contributed by atoms with Crippen LogP contribution >= 0.6 is 0 Å². The maximum atomic E-state index is 13.0. The minimum Gasteiger partial charge on any atom is -0.478 e. The van der Waals surface area contributed by atoms with Crippen molar-refractivity contribution >= 4 is 16.7 Å². The highest BCUT2D eigenvalue weighted by atomic mass is 19.1. The lowest BCUT2D eigenvalue weighted by molar-refractivity contribution is 0.0697. The first-order valence-electron chi connectivity index (χ1n) is 6.17. The summed E-state index contributed by atoms with van der Waals surface area (Å²) in [6.07, 6.45) is 0. The van der Waals surface area contributed by atoms with Gasteiger partial charge in [0.25, 0.3) is 0 Å². The highest BCUT2D eigenvalue weighted by Gasteiger charge is 2.08. The van der Waals surface area contributed by atoms with Crippen molar-refractivity contribution in [1.82, 2.24) is 0 Å². The molecule has 98 valence electrons. The highest BCUT2D eigenvalue weighted by Crippen LogP contribution is 2.29. The average molecular weight is 266 g/mol. The summed E-state index contributed by atoms with van der Waals surface area (Å²) in [5, 5.41) is 10.9. The van der Waals surface area contributed by atoms with Crippen LogP contribution in [0.2, 0.25) is 0 Å². The molecule has 0 heterocycles. The van der Waals surface area contributed by atoms with Crippen LogP contribution in [-0.4, -0.2) is 11.1 Å². The SMILES string of the molecule is O=C(O)c1ccc2cccc(-c3ccc(F)cc3)c2c1. The van der Waals surface area contributed by atoms with Gasteiger partial charge in [0.15, 0.2) is 0 Å². The van der Waals surface area contributed by atoms with E-state index in [9.17, 15) is 9.18 Å². The van der Waals surface area contributed by atoms with Gasteiger partial charge in [0.05, 0.1) is 5.56 Å². The van der Waals surface area contributed by atoms with Crippen molar-refractivity contribution in [3.63, 3.8) is 0 Å². The zero-order valence-corrected chi connectivity index (χ0v) is 10.5. The number of hydrogen-bond donors (Lipinski definition) is 1. The number of fused-ring (bicyclic) bond motifs is 1. The molecule has 2 nitrogen and oxygen atoms in total. The molecule has 3 aromatic rings. The van der Waals surface area contributed by atoms with Gasteiger partial charge in [-0.2, -0.15) is 0 Å². The van der Waals surface area contributed by atoms with Crippen LogP contribution in [0.1, 0.15) is 10.4 Å². The van der Waals surface area contributed by atoms with Crippen LogP contribution in [0.25, 0.3) is 21.9 Å². The Morgan fingerprint density at radius 2 is 1.70 bits per heavy atom. The molecule has 0 aromatic heterocycles. The number of carbonyl (C=O) groups is 1. The summed E-state index contributed by atoms with van der Waals surface area (Å²) < 4.78 is 13.0. The summed E-state index contributed by atoms with van der Waals surface area (Å²) in [6, 6.07) is 16.9. The lowest BCUT2D eigenvalue weighted by atomic mass is 9.97. The van der Waals surface area contributed by atoms with E-state index in [2.05, 4.69) is 0 Å². The number of halogens is 1. The summed E-state index contributed by atoms with van der Waals surface area (Å²) in [5.74, 6) is -1.25. The Hall–Kier alpha value is -2.68. The molecule has 3 heteroatoms. The van der Waals surface area contributed by atoms with Gasteiger partial charge in [0.1, 0.15) is 5.82 Å². The van der Waals surface area contributed by atoms with E-state index >= 15 is 0 Å². The van der Waals surface area contributed by atoms with Gasteiger partial charge >= 0.3 is 5.97 Å². The normalized spacial score (nSPS) is 10.7. The fraction of sp³-hybridized carbons (Fsp3) is 0. The third-order valence-corrected chi connectivity index (χ3v) is 3.28. The molecule has 20 heavy (non-hydrogen) atoms. The second kappa shape index (κ2) is 4.78. The van der Waals surface area contributed by atoms with Gasteiger partial charge in [0, 0.05) is 0 Å². The predicted octanol–water partition coefficient (Wildman–Crippen LogP) is 4.34. The minimum absolute atomic E-state index is 0.243. The molecule has 0 atom stereocenters. The molecule has 0 bridgehead atoms. The first-order chi connectivity index (χ1) is 9.65. The van der Waals surface area contributed by atoms with Crippen LogP contribution in [-0.2, 0) is 0 Å². The Kier molecular flexibility index (Phi) is 2.95. The van der Waals surface area contributed by atoms with Crippen LogP contribution < -0.4 is 0 Å². The molecule has 0 aliphatic carbocycles. The summed E-state index contributed by atoms with van der Waals surface area (Å²) in [6.45, 7) is 0. The predicted molar refractivity (Wildman–Crippen MR) is 76.3 cm³/mol. The summed E-state index contributed by atoms with van der Waals surface area (Å²) in [7, 11) is 0. The van der Waals surface area contributed by atoms with Gasteiger partial charge in [0.2, 0.25) is 0 Å². The molecule has 0 amide bonds. The lowest BCUT2D eigenvalue weighted by Crippen LogP contribution is -1.95. The van der Waals surface area contributed by atoms with Gasteiger partial charge in [-0.3, -0.25) is 0 Å². The van der Waals surface area contributed by atoms with Crippen LogP contribution in [0.5, 0.6) is 0 Å². The first-order valence-corrected chi connectivity index (χ1v) is 6.17. The zero-order valence-electron chi connectivity index (χ0n) is 10.5. The van der Waals surface area contributed by atoms with Gasteiger partial charge in [-0.25, -0.2) is 9.18 Å². The fourth-order valence-electron chi connectivity index (χ4n) is 2.29. The molecule has 0 aliphatic rings. The van der Waals surface area contributed by atoms with Crippen LogP contribution in [0, 0.1) is 5.82 Å². The smallest absolute Gasteiger partial charge is 0.335 e. The maximum Gasteiger partial charge on any atom is 0.335 e. The Labute approximate surface area is 115 Å². The van der Waals surface area contributed by atoms with Gasteiger partial charge in [-0.1, -0.05) is 36.4 Å². The van der Waals surface area contributed by atoms with E-state index in [0.717, 1.165) is 21.9 Å². The van der Waals surface area contributed by atoms with Gasteiger partial charge in [-0.05, 0) is 46.2 Å². The molecule has 3 rings (SSSR count). The summed E-state index contributed by atoms with van der Waals surface area (Å²) in [5.41, 5.74) is 2.00. The second-order valence-electron chi connectivity index (χ2n) is 4.55. The first kappa shape index (κ1) is 12.4. The van der Waals surface area contributed by atoms with E-state index in [1.165, 1.54) is 12.1 Å². The van der Waals surface area contributed by atoms with Crippen LogP contribution in [0.15, 0.2) is 60.7 Å². The van der Waals surface area contributed by atoms with E-state index in [4.69, 9.17) is 5.11 Å². The number of aromatic carboxylic acids is 1. The van der Waals surface area contributed by atoms with E-state index in [0.29, 0.717) is 0 Å². The molecule has 1 N–H and O–H groups in total. The fourth-order valence-corrected chi connectivity index (χ4v) is 2.29. The maximum absolute atomic E-state index is 13.0. The molecule has 0 saturated carbocycles. The molecule has 0 radical (unpaired) electrons. The molecule has 0 saturated heterocycles. The van der Waals surface area contributed by atoms with E-state index in [1.54, 1.807) is 30.3 Å². The van der Waals surface area contributed by atoms with Crippen molar-refractivity contribution in [3.05, 3.63) is 72.0 Å². The Morgan fingerprint density at radius 3 is 2.40 bits per heavy atom. The topological polar surface area (TPSA) is 37.3 Å². The quantitative estimate of drug-likeness (QED) is 0.749. The van der Waals surface area contributed by atoms with Crippen molar-refractivity contribution < 1.29 is 14.3 Å². The number of carboxylic acids is 1.